The Hall–Kier alpha value is -9.16. The summed E-state index contributed by atoms with van der Waals surface area (Å²) in [5, 5.41) is 0. The summed E-state index contributed by atoms with van der Waals surface area (Å²) in [4.78, 5) is 18.6. The zero-order valence-electron chi connectivity index (χ0n) is 34.6. The summed E-state index contributed by atoms with van der Waals surface area (Å²) in [6, 6.07) is 54.1. The van der Waals surface area contributed by atoms with E-state index in [9.17, 15) is 0 Å². The summed E-state index contributed by atoms with van der Waals surface area (Å²) < 4.78 is 23.7. The lowest BCUT2D eigenvalue weighted by atomic mass is 10.0. The van der Waals surface area contributed by atoms with Gasteiger partial charge in [-0.15, -0.1) is 0 Å². The third-order valence-corrected chi connectivity index (χ3v) is 11.1. The summed E-state index contributed by atoms with van der Waals surface area (Å²) in [5.41, 5.74) is 40.0. The molecule has 12 aromatic rings. The van der Waals surface area contributed by atoms with Crippen molar-refractivity contribution in [1.29, 1.82) is 0 Å². The molecule has 0 unspecified atom stereocenters. The van der Waals surface area contributed by atoms with Gasteiger partial charge in [-0.2, -0.15) is 0 Å². The van der Waals surface area contributed by atoms with Crippen molar-refractivity contribution in [3.8, 4) is 56.9 Å². The van der Waals surface area contributed by atoms with Crippen LogP contribution in [0.2, 0.25) is 0 Å². The standard InChI is InChI=1S/C27H20N4O2.C26H18N4O2/c28-20-7-3-18(4-8-20)26-30-22-14-16(1-11-24(22)32-26)13-17-2-12-25-23(15-17)31-27(33-25)19-5-9-21(29)10-6-19;27-19-7-1-15(2-8-19)25-29-21-13-17(5-11-23(21)31-25)18-6-12-24-22(14-18)30-26(32-24)16-3-9-20(28)10-4-16/h1-12,14-15H,13,28-29H2;1-14H,27-28H2. The smallest absolute Gasteiger partial charge is 0.227 e. The van der Waals surface area contributed by atoms with Crippen LogP contribution in [-0.4, -0.2) is 19.9 Å². The van der Waals surface area contributed by atoms with Gasteiger partial charge in [0.05, 0.1) is 0 Å². The van der Waals surface area contributed by atoms with E-state index in [-0.39, 0.29) is 0 Å². The molecule has 0 bridgehead atoms. The Labute approximate surface area is 370 Å². The van der Waals surface area contributed by atoms with E-state index in [0.29, 0.717) is 46.3 Å². The third kappa shape index (κ3) is 7.94. The molecule has 0 amide bonds. The van der Waals surface area contributed by atoms with Gasteiger partial charge in [-0.05, 0) is 174 Å². The molecule has 8 N–H and O–H groups in total. The molecule has 0 radical (unpaired) electrons. The van der Waals surface area contributed by atoms with Gasteiger partial charge in [-0.1, -0.05) is 24.3 Å². The second-order valence-corrected chi connectivity index (χ2v) is 15.7. The maximum absolute atomic E-state index is 5.93. The topological polar surface area (TPSA) is 208 Å². The molecule has 0 aliphatic rings. The maximum Gasteiger partial charge on any atom is 0.227 e. The lowest BCUT2D eigenvalue weighted by molar-refractivity contribution is 0.619. The van der Waals surface area contributed by atoms with E-state index in [1.165, 1.54) is 0 Å². The first-order valence-electron chi connectivity index (χ1n) is 20.8. The fraction of sp³-hybridized carbons (Fsp3) is 0.0189. The van der Waals surface area contributed by atoms with Gasteiger partial charge in [0, 0.05) is 45.0 Å². The van der Waals surface area contributed by atoms with Gasteiger partial charge in [0.2, 0.25) is 23.6 Å². The van der Waals surface area contributed by atoms with Crippen molar-refractivity contribution in [2.75, 3.05) is 22.9 Å². The number of hydrogen-bond donors (Lipinski definition) is 4. The molecule has 12 nitrogen and oxygen atoms in total. The average molecular weight is 851 g/mol. The average Bonchev–Trinajstić information content (AvgIpc) is 4.14. The summed E-state index contributed by atoms with van der Waals surface area (Å²) in [7, 11) is 0. The Morgan fingerprint density at radius 2 is 0.523 bits per heavy atom. The zero-order valence-corrected chi connectivity index (χ0v) is 34.6. The molecule has 0 aliphatic heterocycles. The number of nitrogen functional groups attached to an aromatic ring is 4. The van der Waals surface area contributed by atoms with Crippen molar-refractivity contribution in [1.82, 2.24) is 19.9 Å². The molecule has 4 heterocycles. The van der Waals surface area contributed by atoms with Gasteiger partial charge in [-0.3, -0.25) is 0 Å². The number of aromatic nitrogens is 4. The lowest BCUT2D eigenvalue weighted by Crippen LogP contribution is -1.88. The highest BCUT2D eigenvalue weighted by atomic mass is 16.4. The normalized spacial score (nSPS) is 11.4. The molecule has 12 rings (SSSR count). The van der Waals surface area contributed by atoms with Crippen LogP contribution in [0.4, 0.5) is 22.7 Å². The van der Waals surface area contributed by atoms with Gasteiger partial charge in [0.1, 0.15) is 22.1 Å². The van der Waals surface area contributed by atoms with Crippen LogP contribution < -0.4 is 22.9 Å². The zero-order chi connectivity index (χ0) is 44.0. The maximum atomic E-state index is 5.93. The first-order valence-corrected chi connectivity index (χ1v) is 20.8. The highest BCUT2D eigenvalue weighted by molar-refractivity contribution is 5.87. The van der Waals surface area contributed by atoms with E-state index in [1.54, 1.807) is 0 Å². The van der Waals surface area contributed by atoms with Crippen LogP contribution in [0.5, 0.6) is 0 Å². The number of rotatable bonds is 7. The highest BCUT2D eigenvalue weighted by Crippen LogP contribution is 2.33. The van der Waals surface area contributed by atoms with Crippen LogP contribution in [0, 0.1) is 0 Å². The minimum atomic E-state index is 0.567. The van der Waals surface area contributed by atoms with E-state index >= 15 is 0 Å². The second kappa shape index (κ2) is 15.9. The van der Waals surface area contributed by atoms with Gasteiger partial charge < -0.3 is 40.6 Å². The van der Waals surface area contributed by atoms with E-state index in [4.69, 9.17) is 40.6 Å². The van der Waals surface area contributed by atoms with E-state index in [0.717, 1.165) is 95.3 Å². The molecular formula is C53H38N8O4. The van der Waals surface area contributed by atoms with Gasteiger partial charge in [0.25, 0.3) is 0 Å². The van der Waals surface area contributed by atoms with Crippen LogP contribution in [0.3, 0.4) is 0 Å². The quantitative estimate of drug-likeness (QED) is 0.110. The van der Waals surface area contributed by atoms with E-state index in [2.05, 4.69) is 44.2 Å². The number of nitrogens with zero attached hydrogens (tertiary/aromatic N) is 4. The van der Waals surface area contributed by atoms with Crippen LogP contribution in [0.25, 0.3) is 101 Å². The Balaban J connectivity index is 0.000000144. The molecule has 4 aromatic heterocycles. The number of hydrogen-bond acceptors (Lipinski definition) is 12. The van der Waals surface area contributed by atoms with Crippen molar-refractivity contribution in [2.24, 2.45) is 0 Å². The SMILES string of the molecule is Nc1ccc(-c2nc3cc(-c4ccc5oc(-c6ccc(N)cc6)nc5c4)ccc3o2)cc1.Nc1ccc(-c2nc3cc(Cc4ccc5oc(-c6ccc(N)cc6)nc5c4)ccc3o2)cc1. The highest BCUT2D eigenvalue weighted by Gasteiger charge is 2.14. The molecule has 8 aromatic carbocycles. The first kappa shape index (κ1) is 38.7. The minimum absolute atomic E-state index is 0.567. The lowest BCUT2D eigenvalue weighted by Gasteiger charge is -2.01. The Morgan fingerprint density at radius 1 is 0.277 bits per heavy atom. The molecule has 65 heavy (non-hydrogen) atoms. The minimum Gasteiger partial charge on any atom is -0.436 e. The van der Waals surface area contributed by atoms with Crippen molar-refractivity contribution in [3.63, 3.8) is 0 Å². The van der Waals surface area contributed by atoms with Crippen molar-refractivity contribution < 1.29 is 17.7 Å². The molecule has 314 valence electrons. The summed E-state index contributed by atoms with van der Waals surface area (Å²) in [5.74, 6) is 2.30. The predicted molar refractivity (Wildman–Crippen MR) is 257 cm³/mol. The largest absolute Gasteiger partial charge is 0.436 e. The van der Waals surface area contributed by atoms with Crippen LogP contribution in [0.15, 0.2) is 188 Å². The van der Waals surface area contributed by atoms with Gasteiger partial charge in [-0.25, -0.2) is 19.9 Å². The molecular weight excluding hydrogens is 813 g/mol. The van der Waals surface area contributed by atoms with Crippen molar-refractivity contribution >= 4 is 67.1 Å². The number of benzene rings is 8. The predicted octanol–water partition coefficient (Wildman–Crippen LogP) is 12.2. The molecule has 0 atom stereocenters. The van der Waals surface area contributed by atoms with E-state index in [1.807, 2.05) is 146 Å². The van der Waals surface area contributed by atoms with Crippen LogP contribution in [-0.2, 0) is 6.42 Å². The summed E-state index contributed by atoms with van der Waals surface area (Å²) in [6.45, 7) is 0. The van der Waals surface area contributed by atoms with Crippen molar-refractivity contribution in [3.05, 3.63) is 181 Å². The number of nitrogens with two attached hydrogens (primary N) is 4. The molecule has 0 saturated heterocycles. The van der Waals surface area contributed by atoms with Crippen molar-refractivity contribution in [2.45, 2.75) is 6.42 Å². The third-order valence-electron chi connectivity index (χ3n) is 11.1. The number of anilines is 4. The summed E-state index contributed by atoms with van der Waals surface area (Å²) in [6.07, 6.45) is 0.750. The second-order valence-electron chi connectivity index (χ2n) is 15.7. The first-order chi connectivity index (χ1) is 31.7. The summed E-state index contributed by atoms with van der Waals surface area (Å²) >= 11 is 0. The Morgan fingerprint density at radius 3 is 0.815 bits per heavy atom. The molecule has 12 heteroatoms. The molecule has 0 saturated carbocycles. The van der Waals surface area contributed by atoms with E-state index < -0.39 is 0 Å². The molecule has 0 spiro atoms. The van der Waals surface area contributed by atoms with Crippen LogP contribution >= 0.6 is 0 Å². The van der Waals surface area contributed by atoms with Crippen LogP contribution in [0.1, 0.15) is 11.1 Å². The molecule has 0 fully saturated rings. The fourth-order valence-corrected chi connectivity index (χ4v) is 7.61. The number of oxazole rings is 4. The Kier molecular flexibility index (Phi) is 9.50. The number of fused-ring (bicyclic) bond motifs is 4. The van der Waals surface area contributed by atoms with Gasteiger partial charge >= 0.3 is 0 Å². The monoisotopic (exact) mass is 850 g/mol. The Bertz CT molecular complexity index is 3420. The molecule has 0 aliphatic carbocycles. The fourth-order valence-electron chi connectivity index (χ4n) is 7.61. The van der Waals surface area contributed by atoms with Gasteiger partial charge in [0.15, 0.2) is 22.3 Å².